The number of ether oxygens (including phenoxy) is 1. The molecule has 0 amide bonds. The summed E-state index contributed by atoms with van der Waals surface area (Å²) in [5.74, 6) is 0.804. The van der Waals surface area contributed by atoms with Crippen molar-refractivity contribution < 1.29 is 14.2 Å². The average Bonchev–Trinajstić information content (AvgIpc) is 2.56. The maximum atomic E-state index is 15.1. The van der Waals surface area contributed by atoms with Gasteiger partial charge in [-0.05, 0) is 42.7 Å². The quantitative estimate of drug-likeness (QED) is 0.611. The third kappa shape index (κ3) is 4.70. The van der Waals surface area contributed by atoms with Crippen molar-refractivity contribution >= 4 is 0 Å². The van der Waals surface area contributed by atoms with Crippen LogP contribution in [0.25, 0.3) is 0 Å². The van der Waals surface area contributed by atoms with E-state index in [0.717, 1.165) is 6.54 Å². The third-order valence-electron chi connectivity index (χ3n) is 4.17. The molecule has 1 aliphatic rings. The Kier molecular flexibility index (Phi) is 5.99. The molecule has 1 saturated heterocycles. The molecule has 1 aliphatic heterocycles. The Morgan fingerprint density at radius 1 is 1.35 bits per heavy atom. The Labute approximate surface area is 137 Å². The second kappa shape index (κ2) is 7.97. The van der Waals surface area contributed by atoms with E-state index in [9.17, 15) is 5.11 Å². The molecule has 0 spiro atoms. The number of rotatable bonds is 7. The normalized spacial score (nSPS) is 18.4. The van der Waals surface area contributed by atoms with Crippen molar-refractivity contribution in [1.82, 2.24) is 4.90 Å². The predicted molar refractivity (Wildman–Crippen MR) is 91.0 cm³/mol. The number of piperidine rings is 1. The van der Waals surface area contributed by atoms with Crippen LogP contribution in [0.4, 0.5) is 4.39 Å². The fraction of sp³-hybridized carbons (Fsp3) is 0.368. The molecule has 0 unspecified atom stereocenters. The number of hydrogen-bond acceptors (Lipinski definition) is 3. The standard InChI is InChI=1S/C19H24FNO2/c1-3-6-18(4-2)23-14-13-21-11-9-19(20,10-12-21)16-7-5-8-17(22)15-16/h3-8,15,22H,1-2,9-14H2/b18-6+. The topological polar surface area (TPSA) is 32.7 Å². The summed E-state index contributed by atoms with van der Waals surface area (Å²) in [4.78, 5) is 2.19. The highest BCUT2D eigenvalue weighted by Gasteiger charge is 2.36. The lowest BCUT2D eigenvalue weighted by Crippen LogP contribution is -2.41. The van der Waals surface area contributed by atoms with Gasteiger partial charge >= 0.3 is 0 Å². The molecular formula is C19H24FNO2. The van der Waals surface area contributed by atoms with E-state index >= 15 is 4.39 Å². The molecule has 0 atom stereocenters. The Morgan fingerprint density at radius 2 is 2.09 bits per heavy atom. The highest BCUT2D eigenvalue weighted by atomic mass is 19.1. The molecule has 124 valence electrons. The summed E-state index contributed by atoms with van der Waals surface area (Å²) < 4.78 is 20.7. The predicted octanol–water partition coefficient (Wildman–Crippen LogP) is 3.93. The molecule has 1 fully saturated rings. The van der Waals surface area contributed by atoms with Crippen LogP contribution in [0, 0.1) is 0 Å². The van der Waals surface area contributed by atoms with Gasteiger partial charge in [0, 0.05) is 19.6 Å². The zero-order chi connectivity index (χ0) is 16.7. The van der Waals surface area contributed by atoms with E-state index in [0.29, 0.717) is 43.9 Å². The van der Waals surface area contributed by atoms with E-state index in [4.69, 9.17) is 4.74 Å². The number of allylic oxidation sites excluding steroid dienone is 3. The van der Waals surface area contributed by atoms with E-state index < -0.39 is 5.67 Å². The smallest absolute Gasteiger partial charge is 0.138 e. The molecule has 0 aliphatic carbocycles. The van der Waals surface area contributed by atoms with Crippen molar-refractivity contribution in [1.29, 1.82) is 0 Å². The van der Waals surface area contributed by atoms with Crippen LogP contribution in [0.1, 0.15) is 18.4 Å². The number of phenols is 1. The molecule has 4 heteroatoms. The molecule has 1 heterocycles. The summed E-state index contributed by atoms with van der Waals surface area (Å²) in [6.07, 6.45) is 5.91. The zero-order valence-corrected chi connectivity index (χ0v) is 13.4. The number of likely N-dealkylation sites (tertiary alicyclic amines) is 1. The number of hydrogen-bond donors (Lipinski definition) is 1. The lowest BCUT2D eigenvalue weighted by molar-refractivity contribution is 0.0453. The van der Waals surface area contributed by atoms with Crippen LogP contribution in [0.2, 0.25) is 0 Å². The Hall–Kier alpha value is -2.07. The first-order valence-corrected chi connectivity index (χ1v) is 7.86. The van der Waals surface area contributed by atoms with Crippen molar-refractivity contribution in [3.8, 4) is 5.75 Å². The third-order valence-corrected chi connectivity index (χ3v) is 4.17. The van der Waals surface area contributed by atoms with E-state index in [-0.39, 0.29) is 5.75 Å². The van der Waals surface area contributed by atoms with E-state index in [1.54, 1.807) is 36.4 Å². The molecule has 23 heavy (non-hydrogen) atoms. The van der Waals surface area contributed by atoms with Crippen LogP contribution in [0.5, 0.6) is 5.75 Å². The SMILES string of the molecule is C=C/C=C(\C=C)OCCN1CCC(F)(c2cccc(O)c2)CC1. The molecule has 3 nitrogen and oxygen atoms in total. The molecule has 0 aromatic heterocycles. The summed E-state index contributed by atoms with van der Waals surface area (Å²) in [6.45, 7) is 9.93. The fourth-order valence-electron chi connectivity index (χ4n) is 2.79. The van der Waals surface area contributed by atoms with Gasteiger partial charge in [-0.3, -0.25) is 4.90 Å². The van der Waals surface area contributed by atoms with Gasteiger partial charge in [-0.15, -0.1) is 0 Å². The first-order valence-electron chi connectivity index (χ1n) is 7.86. The monoisotopic (exact) mass is 317 g/mol. The minimum absolute atomic E-state index is 0.112. The van der Waals surface area contributed by atoms with Gasteiger partial charge in [0.2, 0.25) is 0 Å². The maximum absolute atomic E-state index is 15.1. The summed E-state index contributed by atoms with van der Waals surface area (Å²) >= 11 is 0. The summed E-state index contributed by atoms with van der Waals surface area (Å²) in [7, 11) is 0. The minimum Gasteiger partial charge on any atom is -0.508 e. The number of alkyl halides is 1. The van der Waals surface area contributed by atoms with Gasteiger partial charge in [0.05, 0.1) is 0 Å². The number of phenolic OH excluding ortho intramolecular Hbond substituents is 1. The van der Waals surface area contributed by atoms with Gasteiger partial charge in [0.15, 0.2) is 0 Å². The van der Waals surface area contributed by atoms with E-state index in [2.05, 4.69) is 18.1 Å². The lowest BCUT2D eigenvalue weighted by Gasteiger charge is -2.36. The summed E-state index contributed by atoms with van der Waals surface area (Å²) in [5.41, 5.74) is -0.790. The van der Waals surface area contributed by atoms with Crippen LogP contribution in [0.15, 0.2) is 61.4 Å². The Morgan fingerprint density at radius 3 is 2.70 bits per heavy atom. The molecule has 2 rings (SSSR count). The highest BCUT2D eigenvalue weighted by Crippen LogP contribution is 2.37. The van der Waals surface area contributed by atoms with Crippen molar-refractivity contribution in [2.45, 2.75) is 18.5 Å². The van der Waals surface area contributed by atoms with Gasteiger partial charge in [0.1, 0.15) is 23.8 Å². The lowest BCUT2D eigenvalue weighted by atomic mass is 9.86. The molecule has 1 aromatic rings. The maximum Gasteiger partial charge on any atom is 0.138 e. The van der Waals surface area contributed by atoms with Crippen LogP contribution >= 0.6 is 0 Å². The first kappa shape index (κ1) is 17.3. The zero-order valence-electron chi connectivity index (χ0n) is 13.4. The Bertz CT molecular complexity index is 574. The number of nitrogens with zero attached hydrogens (tertiary/aromatic N) is 1. The molecule has 0 saturated carbocycles. The Balaban J connectivity index is 1.83. The van der Waals surface area contributed by atoms with Gasteiger partial charge in [-0.2, -0.15) is 0 Å². The second-order valence-corrected chi connectivity index (χ2v) is 5.71. The van der Waals surface area contributed by atoms with Crippen molar-refractivity contribution in [2.75, 3.05) is 26.2 Å². The summed E-state index contributed by atoms with van der Waals surface area (Å²) in [6, 6.07) is 6.52. The fourth-order valence-corrected chi connectivity index (χ4v) is 2.79. The van der Waals surface area contributed by atoms with Crippen molar-refractivity contribution in [3.63, 3.8) is 0 Å². The molecule has 0 radical (unpaired) electrons. The van der Waals surface area contributed by atoms with Crippen LogP contribution < -0.4 is 0 Å². The van der Waals surface area contributed by atoms with E-state index in [1.807, 2.05) is 0 Å². The molecule has 1 N–H and O–H groups in total. The molecular weight excluding hydrogens is 293 g/mol. The first-order chi connectivity index (χ1) is 11.1. The van der Waals surface area contributed by atoms with Crippen LogP contribution in [-0.4, -0.2) is 36.2 Å². The highest BCUT2D eigenvalue weighted by molar-refractivity contribution is 5.31. The van der Waals surface area contributed by atoms with Gasteiger partial charge < -0.3 is 9.84 Å². The number of benzene rings is 1. The summed E-state index contributed by atoms with van der Waals surface area (Å²) in [5, 5.41) is 9.53. The van der Waals surface area contributed by atoms with Gasteiger partial charge in [0.25, 0.3) is 0 Å². The number of aromatic hydroxyl groups is 1. The van der Waals surface area contributed by atoms with Crippen molar-refractivity contribution in [3.05, 3.63) is 67.0 Å². The van der Waals surface area contributed by atoms with Crippen LogP contribution in [-0.2, 0) is 10.4 Å². The largest absolute Gasteiger partial charge is 0.508 e. The van der Waals surface area contributed by atoms with Gasteiger partial charge in [-0.1, -0.05) is 31.4 Å². The van der Waals surface area contributed by atoms with Gasteiger partial charge in [-0.25, -0.2) is 4.39 Å². The molecule has 1 aromatic carbocycles. The second-order valence-electron chi connectivity index (χ2n) is 5.71. The van der Waals surface area contributed by atoms with Crippen LogP contribution in [0.3, 0.4) is 0 Å². The van der Waals surface area contributed by atoms with E-state index in [1.165, 1.54) is 6.07 Å². The average molecular weight is 317 g/mol. The van der Waals surface area contributed by atoms with Crippen molar-refractivity contribution in [2.24, 2.45) is 0 Å². The number of halogens is 1. The minimum atomic E-state index is -1.36. The molecule has 0 bridgehead atoms.